The normalized spacial score (nSPS) is 15.6. The van der Waals surface area contributed by atoms with Crippen LogP contribution in [0, 0.1) is 0 Å². The van der Waals surface area contributed by atoms with Crippen molar-refractivity contribution >= 4 is 22.8 Å². The van der Waals surface area contributed by atoms with Crippen molar-refractivity contribution in [1.82, 2.24) is 10.2 Å². The Morgan fingerprint density at radius 2 is 1.74 bits per heavy atom. The Balaban J connectivity index is 1.50. The average molecular weight is 368 g/mol. The number of alkyl carbamates (subject to hydrolysis) is 1. The van der Waals surface area contributed by atoms with Crippen molar-refractivity contribution < 1.29 is 14.3 Å². The number of amides is 2. The van der Waals surface area contributed by atoms with Crippen LogP contribution in [0.25, 0.3) is 10.8 Å². The summed E-state index contributed by atoms with van der Waals surface area (Å²) in [5, 5.41) is 5.24. The van der Waals surface area contributed by atoms with Gasteiger partial charge in [-0.3, -0.25) is 4.79 Å². The maximum atomic E-state index is 12.6. The second-order valence-corrected chi connectivity index (χ2v) is 8.16. The van der Waals surface area contributed by atoms with Gasteiger partial charge in [0.2, 0.25) is 5.91 Å². The molecule has 2 amide bonds. The zero-order valence-electron chi connectivity index (χ0n) is 16.3. The number of carbonyl (C=O) groups excluding carboxylic acids is 2. The SMILES string of the molecule is CC(C)(C)OC(=O)NC1CCN(C(=O)Cc2ccc3ccccc3c2)CC1. The number of ether oxygens (including phenoxy) is 1. The Bertz CT molecular complexity index is 818. The van der Waals surface area contributed by atoms with Gasteiger partial charge in [0.15, 0.2) is 0 Å². The summed E-state index contributed by atoms with van der Waals surface area (Å²) in [6, 6.07) is 14.4. The lowest BCUT2D eigenvalue weighted by atomic mass is 10.0. The highest BCUT2D eigenvalue weighted by atomic mass is 16.6. The van der Waals surface area contributed by atoms with Gasteiger partial charge in [-0.15, -0.1) is 0 Å². The number of hydrogen-bond donors (Lipinski definition) is 1. The smallest absolute Gasteiger partial charge is 0.407 e. The summed E-state index contributed by atoms with van der Waals surface area (Å²) < 4.78 is 5.30. The predicted molar refractivity (Wildman–Crippen MR) is 107 cm³/mol. The minimum atomic E-state index is -0.499. The molecule has 27 heavy (non-hydrogen) atoms. The molecule has 0 unspecified atom stereocenters. The summed E-state index contributed by atoms with van der Waals surface area (Å²) in [6.45, 7) is 6.86. The Morgan fingerprint density at radius 3 is 2.41 bits per heavy atom. The number of fused-ring (bicyclic) bond motifs is 1. The minimum Gasteiger partial charge on any atom is -0.444 e. The van der Waals surface area contributed by atoms with Crippen LogP contribution in [-0.2, 0) is 16.0 Å². The van der Waals surface area contributed by atoms with Crippen LogP contribution in [0.5, 0.6) is 0 Å². The number of likely N-dealkylation sites (tertiary alicyclic amines) is 1. The molecule has 1 aliphatic heterocycles. The molecular weight excluding hydrogens is 340 g/mol. The standard InChI is InChI=1S/C22H28N2O3/c1-22(2,3)27-21(26)23-19-10-12-24(13-11-19)20(25)15-16-8-9-17-6-4-5-7-18(17)14-16/h4-9,14,19H,10-13,15H2,1-3H3,(H,23,26). The van der Waals surface area contributed by atoms with Crippen LogP contribution in [0.3, 0.4) is 0 Å². The van der Waals surface area contributed by atoms with Crippen molar-refractivity contribution in [3.8, 4) is 0 Å². The molecule has 0 aromatic heterocycles. The highest BCUT2D eigenvalue weighted by molar-refractivity contribution is 5.85. The Kier molecular flexibility index (Phi) is 5.68. The molecule has 0 radical (unpaired) electrons. The van der Waals surface area contributed by atoms with Crippen molar-refractivity contribution in [2.24, 2.45) is 0 Å². The minimum absolute atomic E-state index is 0.0598. The second kappa shape index (κ2) is 7.99. The first kappa shape index (κ1) is 19.2. The van der Waals surface area contributed by atoms with E-state index in [9.17, 15) is 9.59 Å². The topological polar surface area (TPSA) is 58.6 Å². The van der Waals surface area contributed by atoms with Gasteiger partial charge in [0.25, 0.3) is 0 Å². The zero-order valence-corrected chi connectivity index (χ0v) is 16.3. The second-order valence-electron chi connectivity index (χ2n) is 8.16. The molecule has 2 aromatic rings. The quantitative estimate of drug-likeness (QED) is 0.894. The van der Waals surface area contributed by atoms with Gasteiger partial charge in [-0.2, -0.15) is 0 Å². The molecule has 1 saturated heterocycles. The summed E-state index contributed by atoms with van der Waals surface area (Å²) in [6.07, 6.45) is 1.53. The first-order valence-electron chi connectivity index (χ1n) is 9.55. The van der Waals surface area contributed by atoms with E-state index in [1.165, 1.54) is 5.39 Å². The molecule has 2 aromatic carbocycles. The van der Waals surface area contributed by atoms with Gasteiger partial charge in [-0.05, 0) is 49.9 Å². The van der Waals surface area contributed by atoms with Gasteiger partial charge in [0.05, 0.1) is 6.42 Å². The van der Waals surface area contributed by atoms with Crippen molar-refractivity contribution in [2.75, 3.05) is 13.1 Å². The van der Waals surface area contributed by atoms with Crippen LogP contribution in [0.4, 0.5) is 4.79 Å². The molecule has 1 N–H and O–H groups in total. The van der Waals surface area contributed by atoms with Crippen LogP contribution in [0.15, 0.2) is 42.5 Å². The summed E-state index contributed by atoms with van der Waals surface area (Å²) >= 11 is 0. The molecular formula is C22H28N2O3. The van der Waals surface area contributed by atoms with E-state index >= 15 is 0 Å². The van der Waals surface area contributed by atoms with E-state index in [0.717, 1.165) is 23.8 Å². The van der Waals surface area contributed by atoms with E-state index in [2.05, 4.69) is 29.6 Å². The van der Waals surface area contributed by atoms with Crippen LogP contribution >= 0.6 is 0 Å². The van der Waals surface area contributed by atoms with Gasteiger partial charge in [0.1, 0.15) is 5.60 Å². The lowest BCUT2D eigenvalue weighted by molar-refractivity contribution is -0.131. The molecule has 144 valence electrons. The summed E-state index contributed by atoms with van der Waals surface area (Å²) in [5.41, 5.74) is 0.536. The number of carbonyl (C=O) groups is 2. The molecule has 0 atom stereocenters. The first-order chi connectivity index (χ1) is 12.8. The summed E-state index contributed by atoms with van der Waals surface area (Å²) in [7, 11) is 0. The third-order valence-electron chi connectivity index (χ3n) is 4.74. The number of piperidine rings is 1. The zero-order chi connectivity index (χ0) is 19.4. The summed E-state index contributed by atoms with van der Waals surface area (Å²) in [5.74, 6) is 0.140. The monoisotopic (exact) mass is 368 g/mol. The molecule has 1 fully saturated rings. The van der Waals surface area contributed by atoms with E-state index in [-0.39, 0.29) is 18.0 Å². The van der Waals surface area contributed by atoms with E-state index in [0.29, 0.717) is 19.5 Å². The molecule has 0 spiro atoms. The van der Waals surface area contributed by atoms with E-state index in [1.54, 1.807) is 0 Å². The van der Waals surface area contributed by atoms with Crippen LogP contribution < -0.4 is 5.32 Å². The van der Waals surface area contributed by atoms with Gasteiger partial charge in [-0.1, -0.05) is 42.5 Å². The molecule has 3 rings (SSSR count). The first-order valence-corrected chi connectivity index (χ1v) is 9.55. The number of rotatable bonds is 3. The lowest BCUT2D eigenvalue weighted by Crippen LogP contribution is -2.47. The fraction of sp³-hybridized carbons (Fsp3) is 0.455. The van der Waals surface area contributed by atoms with Crippen LogP contribution in [-0.4, -0.2) is 41.6 Å². The van der Waals surface area contributed by atoms with E-state index < -0.39 is 5.60 Å². The maximum absolute atomic E-state index is 12.6. The fourth-order valence-corrected chi connectivity index (χ4v) is 3.38. The van der Waals surface area contributed by atoms with Gasteiger partial charge >= 0.3 is 6.09 Å². The number of nitrogens with one attached hydrogen (secondary N) is 1. The Hall–Kier alpha value is -2.56. The Morgan fingerprint density at radius 1 is 1.07 bits per heavy atom. The van der Waals surface area contributed by atoms with Crippen molar-refractivity contribution in [1.29, 1.82) is 0 Å². The Labute approximate surface area is 160 Å². The van der Waals surface area contributed by atoms with Crippen molar-refractivity contribution in [2.45, 2.75) is 51.7 Å². The highest BCUT2D eigenvalue weighted by Crippen LogP contribution is 2.18. The number of benzene rings is 2. The molecule has 5 heteroatoms. The van der Waals surface area contributed by atoms with E-state index in [4.69, 9.17) is 4.74 Å². The molecule has 5 nitrogen and oxygen atoms in total. The molecule has 0 aliphatic carbocycles. The van der Waals surface area contributed by atoms with Crippen LogP contribution in [0.1, 0.15) is 39.2 Å². The molecule has 0 bridgehead atoms. The largest absolute Gasteiger partial charge is 0.444 e. The van der Waals surface area contributed by atoms with Crippen molar-refractivity contribution in [3.63, 3.8) is 0 Å². The molecule has 0 saturated carbocycles. The maximum Gasteiger partial charge on any atom is 0.407 e. The molecule has 1 aliphatic rings. The molecule has 1 heterocycles. The lowest BCUT2D eigenvalue weighted by Gasteiger charge is -2.33. The highest BCUT2D eigenvalue weighted by Gasteiger charge is 2.25. The van der Waals surface area contributed by atoms with Gasteiger partial charge < -0.3 is 15.0 Å². The average Bonchev–Trinajstić information content (AvgIpc) is 2.60. The predicted octanol–water partition coefficient (Wildman–Crippen LogP) is 3.90. The van der Waals surface area contributed by atoms with Gasteiger partial charge in [-0.25, -0.2) is 4.79 Å². The number of hydrogen-bond acceptors (Lipinski definition) is 3. The van der Waals surface area contributed by atoms with E-state index in [1.807, 2.05) is 43.9 Å². The third kappa shape index (κ3) is 5.46. The summed E-state index contributed by atoms with van der Waals surface area (Å²) in [4.78, 5) is 26.4. The van der Waals surface area contributed by atoms with Crippen molar-refractivity contribution in [3.05, 3.63) is 48.0 Å². The third-order valence-corrected chi connectivity index (χ3v) is 4.74. The number of nitrogens with zero attached hydrogens (tertiary/aromatic N) is 1. The van der Waals surface area contributed by atoms with Crippen LogP contribution in [0.2, 0.25) is 0 Å². The fourth-order valence-electron chi connectivity index (χ4n) is 3.38. The van der Waals surface area contributed by atoms with Gasteiger partial charge in [0, 0.05) is 19.1 Å².